The zero-order valence-corrected chi connectivity index (χ0v) is 18.9. The molecule has 3 aromatic carbocycles. The highest BCUT2D eigenvalue weighted by Gasteiger charge is 2.21. The van der Waals surface area contributed by atoms with Crippen LogP contribution in [0.25, 0.3) is 0 Å². The van der Waals surface area contributed by atoms with E-state index >= 15 is 0 Å². The average Bonchev–Trinajstić information content (AvgIpc) is 2.88. The molecular weight excluding hydrogens is 436 g/mol. The van der Waals surface area contributed by atoms with Crippen LogP contribution >= 0.6 is 0 Å². The van der Waals surface area contributed by atoms with E-state index in [-0.39, 0.29) is 12.3 Å². The molecule has 0 heterocycles. The Balaban J connectivity index is 1.61. The highest BCUT2D eigenvalue weighted by atomic mass is 16.5. The Bertz CT molecular complexity index is 1120. The number of methoxy groups -OCH3 is 2. The molecule has 3 rings (SSSR count). The molecule has 8 heteroatoms. The number of rotatable bonds is 10. The molecule has 0 aliphatic carbocycles. The van der Waals surface area contributed by atoms with Gasteiger partial charge in [0.1, 0.15) is 11.5 Å². The van der Waals surface area contributed by atoms with Crippen LogP contribution in [-0.4, -0.2) is 38.6 Å². The van der Waals surface area contributed by atoms with E-state index in [9.17, 15) is 14.4 Å². The summed E-state index contributed by atoms with van der Waals surface area (Å²) >= 11 is 0. The molecule has 0 fully saturated rings. The molecular formula is C26H26N2O6. The number of carbonyl (C=O) groups excluding carboxylic acids is 3. The van der Waals surface area contributed by atoms with Crippen molar-refractivity contribution in [2.45, 2.75) is 12.5 Å². The van der Waals surface area contributed by atoms with E-state index in [4.69, 9.17) is 14.2 Å². The lowest BCUT2D eigenvalue weighted by Gasteiger charge is -2.19. The zero-order valence-electron chi connectivity index (χ0n) is 18.9. The molecule has 0 bridgehead atoms. The monoisotopic (exact) mass is 462 g/mol. The second-order valence-electron chi connectivity index (χ2n) is 7.28. The Hall–Kier alpha value is -4.33. The third kappa shape index (κ3) is 6.83. The normalized spacial score (nSPS) is 11.1. The lowest BCUT2D eigenvalue weighted by Crippen LogP contribution is -2.31. The van der Waals surface area contributed by atoms with Crippen molar-refractivity contribution in [1.82, 2.24) is 5.32 Å². The van der Waals surface area contributed by atoms with Crippen LogP contribution in [0.2, 0.25) is 0 Å². The van der Waals surface area contributed by atoms with E-state index in [1.807, 2.05) is 36.4 Å². The van der Waals surface area contributed by atoms with Crippen molar-refractivity contribution in [3.8, 4) is 11.5 Å². The van der Waals surface area contributed by atoms with Crippen LogP contribution in [0, 0.1) is 0 Å². The number of carbonyl (C=O) groups is 3. The molecule has 0 spiro atoms. The van der Waals surface area contributed by atoms with E-state index < -0.39 is 24.5 Å². The summed E-state index contributed by atoms with van der Waals surface area (Å²) < 4.78 is 15.6. The minimum atomic E-state index is -0.630. The van der Waals surface area contributed by atoms with E-state index in [1.54, 1.807) is 42.5 Å². The van der Waals surface area contributed by atoms with Crippen LogP contribution in [-0.2, 0) is 14.3 Å². The summed E-state index contributed by atoms with van der Waals surface area (Å²) in [5.41, 5.74) is 1.61. The van der Waals surface area contributed by atoms with E-state index in [2.05, 4.69) is 10.6 Å². The summed E-state index contributed by atoms with van der Waals surface area (Å²) in [6, 6.07) is 22.1. The molecule has 1 unspecified atom stereocenters. The van der Waals surface area contributed by atoms with Gasteiger partial charge in [0.25, 0.3) is 11.8 Å². The van der Waals surface area contributed by atoms with Crippen molar-refractivity contribution in [2.24, 2.45) is 0 Å². The van der Waals surface area contributed by atoms with Crippen LogP contribution in [0.4, 0.5) is 5.69 Å². The molecule has 0 radical (unpaired) electrons. The zero-order chi connectivity index (χ0) is 24.3. The molecule has 2 amide bonds. The number of hydrogen-bond acceptors (Lipinski definition) is 6. The first kappa shape index (κ1) is 24.3. The summed E-state index contributed by atoms with van der Waals surface area (Å²) in [7, 11) is 2.99. The van der Waals surface area contributed by atoms with Crippen molar-refractivity contribution in [2.75, 3.05) is 26.1 Å². The van der Waals surface area contributed by atoms with Gasteiger partial charge >= 0.3 is 5.97 Å². The van der Waals surface area contributed by atoms with E-state index in [1.165, 1.54) is 14.2 Å². The van der Waals surface area contributed by atoms with Crippen molar-refractivity contribution in [3.05, 3.63) is 90.0 Å². The number of benzene rings is 3. The minimum absolute atomic E-state index is 0.141. The summed E-state index contributed by atoms with van der Waals surface area (Å²) in [4.78, 5) is 37.5. The smallest absolute Gasteiger partial charge is 0.308 e. The van der Waals surface area contributed by atoms with Gasteiger partial charge in [0.2, 0.25) is 0 Å². The maximum Gasteiger partial charge on any atom is 0.308 e. The van der Waals surface area contributed by atoms with Gasteiger partial charge in [-0.15, -0.1) is 0 Å². The molecule has 3 aromatic rings. The van der Waals surface area contributed by atoms with Crippen molar-refractivity contribution < 1.29 is 28.6 Å². The molecule has 2 N–H and O–H groups in total. The van der Waals surface area contributed by atoms with Gasteiger partial charge in [0, 0.05) is 11.6 Å². The predicted molar refractivity (Wildman–Crippen MR) is 127 cm³/mol. The summed E-state index contributed by atoms with van der Waals surface area (Å²) in [6.45, 7) is -0.493. The number of esters is 1. The summed E-state index contributed by atoms with van der Waals surface area (Å²) in [5.74, 6) is -0.509. The fourth-order valence-electron chi connectivity index (χ4n) is 3.24. The standard InChI is InChI=1S/C26H26N2O6/c1-32-20-13-14-23(33-2)22(15-20)27-24(29)17-34-25(30)16-21(18-9-5-3-6-10-18)28-26(31)19-11-7-4-8-12-19/h3-15,21H,16-17H2,1-2H3,(H,27,29)(H,28,31). The maximum atomic E-state index is 12.6. The molecule has 0 saturated carbocycles. The minimum Gasteiger partial charge on any atom is -0.497 e. The van der Waals surface area contributed by atoms with E-state index in [0.29, 0.717) is 22.7 Å². The van der Waals surface area contributed by atoms with Crippen LogP contribution < -0.4 is 20.1 Å². The second-order valence-corrected chi connectivity index (χ2v) is 7.28. The number of nitrogens with one attached hydrogen (secondary N) is 2. The van der Waals surface area contributed by atoms with Crippen LogP contribution in [0.1, 0.15) is 28.4 Å². The highest BCUT2D eigenvalue weighted by Crippen LogP contribution is 2.28. The first-order valence-corrected chi connectivity index (χ1v) is 10.6. The topological polar surface area (TPSA) is 103 Å². The van der Waals surface area contributed by atoms with E-state index in [0.717, 1.165) is 5.56 Å². The number of amides is 2. The Morgan fingerprint density at radius 3 is 2.18 bits per heavy atom. The van der Waals surface area contributed by atoms with Gasteiger partial charge in [-0.2, -0.15) is 0 Å². The summed E-state index contributed by atoms with van der Waals surface area (Å²) in [5, 5.41) is 5.50. The van der Waals surface area contributed by atoms with Crippen LogP contribution in [0.3, 0.4) is 0 Å². The lowest BCUT2D eigenvalue weighted by molar-refractivity contribution is -0.147. The van der Waals surface area contributed by atoms with Gasteiger partial charge in [0.05, 0.1) is 32.4 Å². The average molecular weight is 463 g/mol. The van der Waals surface area contributed by atoms with Gasteiger partial charge in [0.15, 0.2) is 6.61 Å². The number of hydrogen-bond donors (Lipinski definition) is 2. The van der Waals surface area contributed by atoms with Crippen molar-refractivity contribution in [1.29, 1.82) is 0 Å². The first-order chi connectivity index (χ1) is 16.5. The fraction of sp³-hybridized carbons (Fsp3) is 0.192. The van der Waals surface area contributed by atoms with Gasteiger partial charge in [-0.05, 0) is 29.8 Å². The fourth-order valence-corrected chi connectivity index (χ4v) is 3.24. The van der Waals surface area contributed by atoms with Crippen molar-refractivity contribution in [3.63, 3.8) is 0 Å². The molecule has 8 nitrogen and oxygen atoms in total. The summed E-state index contributed by atoms with van der Waals surface area (Å²) in [6.07, 6.45) is -0.141. The van der Waals surface area contributed by atoms with Gasteiger partial charge < -0.3 is 24.8 Å². The molecule has 1 atom stereocenters. The predicted octanol–water partition coefficient (Wildman–Crippen LogP) is 3.75. The molecule has 0 saturated heterocycles. The van der Waals surface area contributed by atoms with Crippen molar-refractivity contribution >= 4 is 23.5 Å². The first-order valence-electron chi connectivity index (χ1n) is 10.6. The molecule has 0 aliphatic heterocycles. The number of anilines is 1. The molecule has 0 aliphatic rings. The highest BCUT2D eigenvalue weighted by molar-refractivity contribution is 5.95. The largest absolute Gasteiger partial charge is 0.497 e. The Morgan fingerprint density at radius 2 is 1.53 bits per heavy atom. The third-order valence-corrected chi connectivity index (χ3v) is 4.96. The SMILES string of the molecule is COc1ccc(OC)c(NC(=O)COC(=O)CC(NC(=O)c2ccccc2)c2ccccc2)c1. The quantitative estimate of drug-likeness (QED) is 0.445. The van der Waals surface area contributed by atoms with Gasteiger partial charge in [-0.25, -0.2) is 0 Å². The molecule has 0 aromatic heterocycles. The maximum absolute atomic E-state index is 12.6. The Labute approximate surface area is 197 Å². The Morgan fingerprint density at radius 1 is 0.853 bits per heavy atom. The van der Waals surface area contributed by atoms with Gasteiger partial charge in [-0.1, -0.05) is 48.5 Å². The van der Waals surface area contributed by atoms with Crippen LogP contribution in [0.15, 0.2) is 78.9 Å². The molecule has 176 valence electrons. The van der Waals surface area contributed by atoms with Crippen LogP contribution in [0.5, 0.6) is 11.5 Å². The number of ether oxygens (including phenoxy) is 3. The lowest BCUT2D eigenvalue weighted by atomic mass is 10.0. The molecule has 34 heavy (non-hydrogen) atoms. The third-order valence-electron chi connectivity index (χ3n) is 4.96. The Kier molecular flexibility index (Phi) is 8.62. The van der Waals surface area contributed by atoms with Gasteiger partial charge in [-0.3, -0.25) is 14.4 Å². The second kappa shape index (κ2) is 12.1.